The zero-order valence-corrected chi connectivity index (χ0v) is 15.2. The molecule has 3 fully saturated rings. The first-order valence-electron chi connectivity index (χ1n) is 9.24. The van der Waals surface area contributed by atoms with Gasteiger partial charge in [0.05, 0.1) is 12.8 Å². The predicted octanol–water partition coefficient (Wildman–Crippen LogP) is 2.59. The Labute approximate surface area is 150 Å². The minimum absolute atomic E-state index is 0.175. The minimum atomic E-state index is -0.175. The number of likely N-dealkylation sites (tertiary alicyclic amines) is 2. The molecule has 1 spiro atoms. The van der Waals surface area contributed by atoms with E-state index in [2.05, 4.69) is 28.6 Å². The van der Waals surface area contributed by atoms with Gasteiger partial charge < -0.3 is 14.5 Å². The van der Waals surface area contributed by atoms with Crippen molar-refractivity contribution in [2.45, 2.75) is 38.1 Å². The third kappa shape index (κ3) is 3.73. The first kappa shape index (κ1) is 18.0. The van der Waals surface area contributed by atoms with Gasteiger partial charge in [0, 0.05) is 31.2 Å². The van der Waals surface area contributed by atoms with Gasteiger partial charge in [-0.3, -0.25) is 5.43 Å². The number of ether oxygens (including phenoxy) is 1. The number of hydrogen-bond acceptors (Lipinski definition) is 5. The van der Waals surface area contributed by atoms with Crippen LogP contribution in [-0.2, 0) is 4.74 Å². The molecule has 0 unspecified atom stereocenters. The molecule has 1 saturated carbocycles. The SMILES string of the molecule is C=CN/N=C(\C=C)C1CCN(C2CC3(CCN(C(=O)OC)C3)C2)CC1. The summed E-state index contributed by atoms with van der Waals surface area (Å²) in [5.41, 5.74) is 4.21. The van der Waals surface area contributed by atoms with Crippen molar-refractivity contribution in [2.24, 2.45) is 16.4 Å². The summed E-state index contributed by atoms with van der Waals surface area (Å²) in [6.07, 6.45) is 9.07. The summed E-state index contributed by atoms with van der Waals surface area (Å²) < 4.78 is 4.86. The number of hydrazone groups is 1. The number of nitrogens with zero attached hydrogens (tertiary/aromatic N) is 3. The molecule has 0 atom stereocenters. The predicted molar refractivity (Wildman–Crippen MR) is 99.3 cm³/mol. The molecule has 1 N–H and O–H groups in total. The maximum absolute atomic E-state index is 11.7. The van der Waals surface area contributed by atoms with Crippen molar-refractivity contribution in [1.29, 1.82) is 0 Å². The average molecular weight is 346 g/mol. The third-order valence-corrected chi connectivity index (χ3v) is 6.17. The van der Waals surface area contributed by atoms with Crippen molar-refractivity contribution < 1.29 is 9.53 Å². The molecule has 1 aliphatic carbocycles. The van der Waals surface area contributed by atoms with Gasteiger partial charge in [-0.2, -0.15) is 5.10 Å². The van der Waals surface area contributed by atoms with Crippen LogP contribution in [0.1, 0.15) is 32.1 Å². The lowest BCUT2D eigenvalue weighted by Crippen LogP contribution is -2.54. The van der Waals surface area contributed by atoms with Crippen LogP contribution in [-0.4, -0.2) is 60.9 Å². The number of nitrogens with one attached hydrogen (secondary N) is 1. The number of carbonyl (C=O) groups is 1. The van der Waals surface area contributed by atoms with Crippen LogP contribution in [0.5, 0.6) is 0 Å². The summed E-state index contributed by atoms with van der Waals surface area (Å²) >= 11 is 0. The normalized spacial score (nSPS) is 30.8. The van der Waals surface area contributed by atoms with Crippen molar-refractivity contribution in [3.05, 3.63) is 25.4 Å². The fourth-order valence-corrected chi connectivity index (χ4v) is 4.74. The monoisotopic (exact) mass is 346 g/mol. The summed E-state index contributed by atoms with van der Waals surface area (Å²) in [6.45, 7) is 11.5. The highest BCUT2D eigenvalue weighted by Gasteiger charge is 2.51. The molecule has 138 valence electrons. The van der Waals surface area contributed by atoms with Crippen LogP contribution >= 0.6 is 0 Å². The van der Waals surface area contributed by atoms with E-state index in [4.69, 9.17) is 4.74 Å². The molecule has 2 aliphatic heterocycles. The number of hydrogen-bond donors (Lipinski definition) is 1. The molecular formula is C19H30N4O2. The van der Waals surface area contributed by atoms with E-state index in [1.807, 2.05) is 11.0 Å². The summed E-state index contributed by atoms with van der Waals surface area (Å²) in [4.78, 5) is 16.2. The molecule has 0 radical (unpaired) electrons. The summed E-state index contributed by atoms with van der Waals surface area (Å²) in [5, 5.41) is 4.34. The van der Waals surface area contributed by atoms with Crippen molar-refractivity contribution in [1.82, 2.24) is 15.2 Å². The van der Waals surface area contributed by atoms with Gasteiger partial charge in [-0.25, -0.2) is 4.79 Å². The third-order valence-electron chi connectivity index (χ3n) is 6.17. The van der Waals surface area contributed by atoms with Crippen molar-refractivity contribution in [3.63, 3.8) is 0 Å². The Bertz CT molecular complexity index is 546. The highest BCUT2D eigenvalue weighted by molar-refractivity contribution is 5.96. The number of allylic oxidation sites excluding steroid dienone is 1. The van der Waals surface area contributed by atoms with Crippen LogP contribution in [0, 0.1) is 11.3 Å². The molecule has 25 heavy (non-hydrogen) atoms. The van der Waals surface area contributed by atoms with E-state index in [1.54, 1.807) is 6.20 Å². The molecule has 3 aliphatic rings. The molecule has 0 aromatic heterocycles. The Balaban J connectivity index is 1.46. The van der Waals surface area contributed by atoms with Gasteiger partial charge in [-0.1, -0.05) is 13.2 Å². The van der Waals surface area contributed by atoms with Crippen molar-refractivity contribution in [2.75, 3.05) is 33.3 Å². The van der Waals surface area contributed by atoms with Crippen LogP contribution in [0.3, 0.4) is 0 Å². The second kappa shape index (κ2) is 7.60. The van der Waals surface area contributed by atoms with E-state index in [9.17, 15) is 4.79 Å². The van der Waals surface area contributed by atoms with E-state index in [0.717, 1.165) is 51.2 Å². The Hall–Kier alpha value is -1.82. The van der Waals surface area contributed by atoms with Crippen molar-refractivity contribution in [3.8, 4) is 0 Å². The highest BCUT2D eigenvalue weighted by atomic mass is 16.5. The van der Waals surface area contributed by atoms with Gasteiger partial charge in [0.25, 0.3) is 0 Å². The second-order valence-electron chi connectivity index (χ2n) is 7.59. The Morgan fingerprint density at radius 3 is 2.60 bits per heavy atom. The van der Waals surface area contributed by atoms with Crippen LogP contribution in [0.4, 0.5) is 4.79 Å². The quantitative estimate of drug-likeness (QED) is 0.614. The number of methoxy groups -OCH3 is 1. The van der Waals surface area contributed by atoms with Gasteiger partial charge in [0.1, 0.15) is 0 Å². The second-order valence-corrected chi connectivity index (χ2v) is 7.59. The Kier molecular flexibility index (Phi) is 5.47. The maximum atomic E-state index is 11.7. The van der Waals surface area contributed by atoms with Crippen molar-refractivity contribution >= 4 is 11.8 Å². The van der Waals surface area contributed by atoms with E-state index in [-0.39, 0.29) is 6.09 Å². The first-order valence-corrected chi connectivity index (χ1v) is 9.24. The van der Waals surface area contributed by atoms with Gasteiger partial charge in [0.2, 0.25) is 0 Å². The molecule has 0 aromatic carbocycles. The van der Waals surface area contributed by atoms with Gasteiger partial charge in [-0.05, 0) is 56.7 Å². The highest BCUT2D eigenvalue weighted by Crippen LogP contribution is 2.50. The van der Waals surface area contributed by atoms with E-state index >= 15 is 0 Å². The van der Waals surface area contributed by atoms with Crippen LogP contribution < -0.4 is 5.43 Å². The molecule has 1 amide bonds. The minimum Gasteiger partial charge on any atom is -0.453 e. The lowest BCUT2D eigenvalue weighted by Gasteiger charge is -2.51. The number of amides is 1. The summed E-state index contributed by atoms with van der Waals surface area (Å²) in [5.74, 6) is 0.483. The van der Waals surface area contributed by atoms with Gasteiger partial charge in [-0.15, -0.1) is 0 Å². The van der Waals surface area contributed by atoms with Crippen LogP contribution in [0.15, 0.2) is 30.5 Å². The molecule has 2 heterocycles. The molecule has 3 rings (SSSR count). The standard InChI is InChI=1S/C19H30N4O2/c1-4-17(21-20-5-2)15-6-9-22(10-7-15)16-12-19(13-16)8-11-23(14-19)18(24)25-3/h4-5,15-16,20H,1-2,6-14H2,3H3/b21-17+. The maximum Gasteiger partial charge on any atom is 0.409 e. The Morgan fingerprint density at radius 1 is 1.28 bits per heavy atom. The molecule has 0 aromatic rings. The summed E-state index contributed by atoms with van der Waals surface area (Å²) in [7, 11) is 1.46. The van der Waals surface area contributed by atoms with E-state index in [0.29, 0.717) is 17.4 Å². The fraction of sp³-hybridized carbons (Fsp3) is 0.684. The zero-order chi connectivity index (χ0) is 17.9. The smallest absolute Gasteiger partial charge is 0.409 e. The molecule has 0 bridgehead atoms. The van der Waals surface area contributed by atoms with Crippen LogP contribution in [0.25, 0.3) is 0 Å². The van der Waals surface area contributed by atoms with Crippen LogP contribution in [0.2, 0.25) is 0 Å². The van der Waals surface area contributed by atoms with Gasteiger partial charge in [0.15, 0.2) is 0 Å². The molecule has 6 heteroatoms. The van der Waals surface area contributed by atoms with Gasteiger partial charge >= 0.3 is 6.09 Å². The topological polar surface area (TPSA) is 57.2 Å². The largest absolute Gasteiger partial charge is 0.453 e. The zero-order valence-electron chi connectivity index (χ0n) is 15.2. The summed E-state index contributed by atoms with van der Waals surface area (Å²) in [6, 6.07) is 0.675. The Morgan fingerprint density at radius 2 is 2.00 bits per heavy atom. The molecule has 2 saturated heterocycles. The molecule has 6 nitrogen and oxygen atoms in total. The number of rotatable bonds is 5. The fourth-order valence-electron chi connectivity index (χ4n) is 4.74. The number of carbonyl (C=O) groups excluding carboxylic acids is 1. The lowest BCUT2D eigenvalue weighted by molar-refractivity contribution is -0.00495. The first-order chi connectivity index (χ1) is 12.1. The van der Waals surface area contributed by atoms with E-state index < -0.39 is 0 Å². The molecular weight excluding hydrogens is 316 g/mol. The average Bonchev–Trinajstić information content (AvgIpc) is 3.07. The number of piperidine rings is 1. The van der Waals surface area contributed by atoms with E-state index in [1.165, 1.54) is 20.0 Å². The lowest BCUT2D eigenvalue weighted by atomic mass is 9.64.